The van der Waals surface area contributed by atoms with E-state index in [-0.39, 0.29) is 16.2 Å². The molecule has 2 heterocycles. The van der Waals surface area contributed by atoms with Gasteiger partial charge >= 0.3 is 17.8 Å². The summed E-state index contributed by atoms with van der Waals surface area (Å²) in [6.07, 6.45) is -0.924. The molecule has 4 aromatic carbocycles. The van der Waals surface area contributed by atoms with Crippen molar-refractivity contribution in [2.24, 2.45) is 0 Å². The second-order valence-corrected chi connectivity index (χ2v) is 14.0. The van der Waals surface area contributed by atoms with Gasteiger partial charge in [0, 0.05) is 71.5 Å². The molecule has 0 atom stereocenters. The minimum absolute atomic E-state index is 0.0719. The third kappa shape index (κ3) is 9.96. The van der Waals surface area contributed by atoms with Gasteiger partial charge in [0.15, 0.2) is 0 Å². The highest BCUT2D eigenvalue weighted by Crippen LogP contribution is 2.38. The molecule has 0 unspecified atom stereocenters. The van der Waals surface area contributed by atoms with Crippen LogP contribution in [0.1, 0.15) is 42.0 Å². The van der Waals surface area contributed by atoms with Gasteiger partial charge < -0.3 is 19.4 Å². The van der Waals surface area contributed by atoms with Crippen LogP contribution < -0.4 is 15.8 Å². The lowest BCUT2D eigenvalue weighted by atomic mass is 9.93. The van der Waals surface area contributed by atoms with Crippen LogP contribution in [0, 0.1) is 0 Å². The Hall–Kier alpha value is -5.10. The third-order valence-corrected chi connectivity index (χ3v) is 9.87. The van der Waals surface area contributed by atoms with Crippen molar-refractivity contribution < 1.29 is 31.9 Å². The number of para-hydroxylation sites is 1. The number of carbonyl (C=O) groups is 2. The second kappa shape index (κ2) is 17.6. The van der Waals surface area contributed by atoms with E-state index in [2.05, 4.69) is 27.2 Å². The number of ether oxygens (including phenoxy) is 1. The summed E-state index contributed by atoms with van der Waals surface area (Å²) in [5, 5.41) is 3.02. The van der Waals surface area contributed by atoms with Gasteiger partial charge in [-0.05, 0) is 71.7 Å². The average Bonchev–Trinajstić information content (AvgIpc) is 3.16. The molecule has 1 aliphatic heterocycles. The lowest BCUT2D eigenvalue weighted by molar-refractivity contribution is -0.138. The number of alkyl halides is 3. The zero-order valence-electron chi connectivity index (χ0n) is 29.9. The number of hydrogen-bond donors (Lipinski definition) is 1. The van der Waals surface area contributed by atoms with Crippen molar-refractivity contribution in [2.75, 3.05) is 43.0 Å². The molecule has 0 radical (unpaired) electrons. The second-order valence-electron chi connectivity index (χ2n) is 13.2. The van der Waals surface area contributed by atoms with Gasteiger partial charge in [-0.2, -0.15) is 13.2 Å². The number of piperazine rings is 1. The molecular weight excluding hydrogens is 754 g/mol. The molecule has 1 saturated heterocycles. The van der Waals surface area contributed by atoms with Crippen molar-refractivity contribution in [3.8, 4) is 11.1 Å². The molecule has 0 spiro atoms. The van der Waals surface area contributed by atoms with E-state index < -0.39 is 41.4 Å². The number of esters is 1. The predicted molar refractivity (Wildman–Crippen MR) is 211 cm³/mol. The fraction of sp³-hybridized carbons (Fsp3) is 0.262. The Morgan fingerprint density at radius 2 is 1.71 bits per heavy atom. The molecule has 0 saturated carbocycles. The van der Waals surface area contributed by atoms with E-state index in [4.69, 9.17) is 32.4 Å². The van der Waals surface area contributed by atoms with E-state index in [0.29, 0.717) is 40.3 Å². The molecule has 55 heavy (non-hydrogen) atoms. The summed E-state index contributed by atoms with van der Waals surface area (Å²) in [7, 11) is 0. The lowest BCUT2D eigenvalue weighted by Crippen LogP contribution is -2.46. The molecule has 286 valence electrons. The molecule has 1 aliphatic rings. The van der Waals surface area contributed by atoms with Gasteiger partial charge in [0.1, 0.15) is 5.58 Å². The largest absolute Gasteiger partial charge is 0.463 e. The molecule has 1 aromatic heterocycles. The van der Waals surface area contributed by atoms with Gasteiger partial charge in [0.05, 0.1) is 29.8 Å². The van der Waals surface area contributed by atoms with Gasteiger partial charge in [0.2, 0.25) is 5.91 Å². The van der Waals surface area contributed by atoms with E-state index in [1.165, 1.54) is 12.1 Å². The van der Waals surface area contributed by atoms with Crippen LogP contribution in [0.3, 0.4) is 0 Å². The number of amides is 1. The van der Waals surface area contributed by atoms with E-state index in [9.17, 15) is 27.6 Å². The van der Waals surface area contributed by atoms with Gasteiger partial charge in [-0.1, -0.05) is 72.9 Å². The number of unbranched alkanes of at least 4 members (excludes halogenated alkanes) is 1. The molecule has 8 nitrogen and oxygen atoms in total. The first kappa shape index (κ1) is 39.6. The highest BCUT2D eigenvalue weighted by molar-refractivity contribution is 6.32. The molecule has 0 aliphatic carbocycles. The SMILES string of the molecule is CCCCOC(=O)/C=C/c1cccc(-c2c(CC(=O)Nc3ccc(Cl)cc3C(F)(F)F)c(=O)oc3cc(Cl)c(CN4CCN(c5ccccc5)CC4)cc23)c1. The van der Waals surface area contributed by atoms with E-state index in [0.717, 1.165) is 62.4 Å². The minimum Gasteiger partial charge on any atom is -0.463 e. The third-order valence-electron chi connectivity index (χ3n) is 9.28. The Labute approximate surface area is 326 Å². The first-order chi connectivity index (χ1) is 26.4. The van der Waals surface area contributed by atoms with Crippen LogP contribution in [-0.4, -0.2) is 49.6 Å². The van der Waals surface area contributed by atoms with Gasteiger partial charge in [-0.25, -0.2) is 9.59 Å². The quantitative estimate of drug-likeness (QED) is 0.0583. The summed E-state index contributed by atoms with van der Waals surface area (Å²) in [5.74, 6) is -1.39. The van der Waals surface area contributed by atoms with Crippen LogP contribution in [0.2, 0.25) is 10.0 Å². The predicted octanol–water partition coefficient (Wildman–Crippen LogP) is 9.65. The number of fused-ring (bicyclic) bond motifs is 1. The van der Waals surface area contributed by atoms with Crippen molar-refractivity contribution in [1.29, 1.82) is 0 Å². The smallest absolute Gasteiger partial charge is 0.418 e. The Morgan fingerprint density at radius 3 is 2.44 bits per heavy atom. The Balaban J connectivity index is 1.37. The van der Waals surface area contributed by atoms with Crippen molar-refractivity contribution >= 4 is 63.5 Å². The summed E-state index contributed by atoms with van der Waals surface area (Å²) < 4.78 is 52.6. The van der Waals surface area contributed by atoms with Crippen molar-refractivity contribution in [3.05, 3.63) is 134 Å². The number of benzene rings is 4. The lowest BCUT2D eigenvalue weighted by Gasteiger charge is -2.36. The van der Waals surface area contributed by atoms with Crippen LogP contribution >= 0.6 is 23.2 Å². The number of nitrogens with zero attached hydrogens (tertiary/aromatic N) is 2. The maximum atomic E-state index is 13.9. The fourth-order valence-electron chi connectivity index (χ4n) is 6.50. The molecule has 1 N–H and O–H groups in total. The average molecular weight is 793 g/mol. The van der Waals surface area contributed by atoms with Crippen LogP contribution in [0.5, 0.6) is 0 Å². The van der Waals surface area contributed by atoms with Crippen LogP contribution in [0.4, 0.5) is 24.5 Å². The summed E-state index contributed by atoms with van der Waals surface area (Å²) in [4.78, 5) is 44.1. The summed E-state index contributed by atoms with van der Waals surface area (Å²) in [5.41, 5.74) is 0.975. The Kier molecular flexibility index (Phi) is 12.7. The highest BCUT2D eigenvalue weighted by Gasteiger charge is 2.34. The molecular formula is C42H38Cl2F3N3O5. The summed E-state index contributed by atoms with van der Waals surface area (Å²) in [6, 6.07) is 23.5. The maximum Gasteiger partial charge on any atom is 0.418 e. The number of halogens is 5. The van der Waals surface area contributed by atoms with E-state index >= 15 is 0 Å². The molecule has 1 fully saturated rings. The van der Waals surface area contributed by atoms with Crippen molar-refractivity contribution in [3.63, 3.8) is 0 Å². The zero-order chi connectivity index (χ0) is 39.1. The van der Waals surface area contributed by atoms with Crippen LogP contribution in [-0.2, 0) is 33.5 Å². The number of rotatable bonds is 12. The first-order valence-corrected chi connectivity index (χ1v) is 18.6. The fourth-order valence-corrected chi connectivity index (χ4v) is 6.89. The number of nitrogens with one attached hydrogen (secondary N) is 1. The molecule has 6 rings (SSSR count). The Bertz CT molecular complexity index is 2270. The maximum absolute atomic E-state index is 13.9. The number of carbonyl (C=O) groups excluding carboxylic acids is 2. The van der Waals surface area contributed by atoms with Gasteiger partial charge in [-0.3, -0.25) is 9.69 Å². The van der Waals surface area contributed by atoms with E-state index in [1.54, 1.807) is 36.4 Å². The molecule has 13 heteroatoms. The number of hydrogen-bond acceptors (Lipinski definition) is 7. The van der Waals surface area contributed by atoms with Crippen molar-refractivity contribution in [1.82, 2.24) is 4.90 Å². The van der Waals surface area contributed by atoms with E-state index in [1.807, 2.05) is 31.2 Å². The zero-order valence-corrected chi connectivity index (χ0v) is 31.4. The van der Waals surface area contributed by atoms with Crippen LogP contribution in [0.15, 0.2) is 100 Å². The van der Waals surface area contributed by atoms with Crippen molar-refractivity contribution in [2.45, 2.75) is 38.9 Å². The topological polar surface area (TPSA) is 92.1 Å². The molecule has 1 amide bonds. The van der Waals surface area contributed by atoms with Gasteiger partial charge in [-0.15, -0.1) is 0 Å². The normalized spacial score (nSPS) is 13.7. The standard InChI is InChI=1S/C42H38Cl2F3N3O5/c1-2-3-20-54-39(52)15-12-27-8-7-9-28(21-27)40-32-22-29(26-49-16-18-50(19-17-49)31-10-5-4-6-11-31)35(44)25-37(32)55-41(53)33(40)24-38(51)48-36-14-13-30(43)23-34(36)42(45,46)47/h4-15,21-23,25H,2-3,16-20,24,26H2,1H3,(H,48,51)/b15-12+. The first-order valence-electron chi connectivity index (χ1n) is 17.8. The van der Waals surface area contributed by atoms with Crippen LogP contribution in [0.25, 0.3) is 28.2 Å². The highest BCUT2D eigenvalue weighted by atomic mass is 35.5. The molecule has 0 bridgehead atoms. The monoisotopic (exact) mass is 791 g/mol. The Morgan fingerprint density at radius 1 is 0.945 bits per heavy atom. The summed E-state index contributed by atoms with van der Waals surface area (Å²) in [6.45, 7) is 5.94. The van der Waals surface area contributed by atoms with Gasteiger partial charge in [0.25, 0.3) is 0 Å². The number of anilines is 2. The minimum atomic E-state index is -4.80. The summed E-state index contributed by atoms with van der Waals surface area (Å²) >= 11 is 12.6. The molecule has 5 aromatic rings.